The average molecular weight is 481 g/mol. The first-order chi connectivity index (χ1) is 16.2. The molecule has 0 saturated carbocycles. The standard InChI is InChI=1S/C23H20N4O4S2/c28-21-20-15(18-2-1-9-32-18)12-33-22(20)25-19(24-21)11-26-5-7-27(8-6-26)23(29)14-3-4-16-17(10-14)31-13-30-16/h1-4,9-10,12H,5-8,11,13H2,(H,24,25,28). The maximum Gasteiger partial charge on any atom is 0.260 e. The number of carbonyl (C=O) groups excluding carboxylic acids is 1. The molecule has 1 aromatic carbocycles. The van der Waals surface area contributed by atoms with Gasteiger partial charge in [-0.25, -0.2) is 4.98 Å². The highest BCUT2D eigenvalue weighted by Gasteiger charge is 2.25. The molecule has 10 heteroatoms. The third kappa shape index (κ3) is 3.79. The van der Waals surface area contributed by atoms with Gasteiger partial charge in [0.25, 0.3) is 11.5 Å². The van der Waals surface area contributed by atoms with Gasteiger partial charge in [0, 0.05) is 47.6 Å². The van der Waals surface area contributed by atoms with Crippen LogP contribution in [0, 0.1) is 0 Å². The van der Waals surface area contributed by atoms with Gasteiger partial charge in [0.2, 0.25) is 6.79 Å². The topological polar surface area (TPSA) is 87.8 Å². The van der Waals surface area contributed by atoms with Crippen molar-refractivity contribution in [3.05, 3.63) is 62.8 Å². The number of rotatable bonds is 4. The molecule has 1 saturated heterocycles. The lowest BCUT2D eigenvalue weighted by Gasteiger charge is -2.34. The fraction of sp³-hybridized carbons (Fsp3) is 0.261. The van der Waals surface area contributed by atoms with Crippen molar-refractivity contribution in [2.24, 2.45) is 0 Å². The van der Waals surface area contributed by atoms with Crippen LogP contribution in [0.25, 0.3) is 20.7 Å². The molecule has 2 aliphatic heterocycles. The summed E-state index contributed by atoms with van der Waals surface area (Å²) in [6.07, 6.45) is 0. The maximum absolute atomic E-state index is 12.9. The molecular weight excluding hydrogens is 460 g/mol. The van der Waals surface area contributed by atoms with E-state index in [4.69, 9.17) is 14.5 Å². The van der Waals surface area contributed by atoms with Crippen molar-refractivity contribution in [1.29, 1.82) is 0 Å². The lowest BCUT2D eigenvalue weighted by atomic mass is 10.1. The summed E-state index contributed by atoms with van der Waals surface area (Å²) in [5, 5.41) is 4.67. The zero-order chi connectivity index (χ0) is 22.4. The molecule has 1 amide bonds. The fourth-order valence-electron chi connectivity index (χ4n) is 4.21. The van der Waals surface area contributed by atoms with Crippen molar-refractivity contribution < 1.29 is 14.3 Å². The minimum atomic E-state index is -0.101. The first-order valence-corrected chi connectivity index (χ1v) is 12.4. The second kappa shape index (κ2) is 8.29. The maximum atomic E-state index is 12.9. The van der Waals surface area contributed by atoms with Gasteiger partial charge in [-0.1, -0.05) is 6.07 Å². The lowest BCUT2D eigenvalue weighted by Crippen LogP contribution is -2.48. The highest BCUT2D eigenvalue weighted by molar-refractivity contribution is 7.18. The fourth-order valence-corrected chi connectivity index (χ4v) is 6.00. The highest BCUT2D eigenvalue weighted by Crippen LogP contribution is 2.34. The van der Waals surface area contributed by atoms with E-state index in [0.29, 0.717) is 61.0 Å². The molecule has 168 valence electrons. The minimum Gasteiger partial charge on any atom is -0.454 e. The number of piperazine rings is 1. The molecular formula is C23H20N4O4S2. The third-order valence-corrected chi connectivity index (χ3v) is 7.71. The second-order valence-corrected chi connectivity index (χ2v) is 9.76. The largest absolute Gasteiger partial charge is 0.454 e. The molecule has 0 radical (unpaired) electrons. The summed E-state index contributed by atoms with van der Waals surface area (Å²) in [6, 6.07) is 9.29. The van der Waals surface area contributed by atoms with E-state index < -0.39 is 0 Å². The number of thiophene rings is 2. The Morgan fingerprint density at radius 3 is 2.76 bits per heavy atom. The number of nitrogens with zero attached hydrogens (tertiary/aromatic N) is 3. The molecule has 2 aliphatic rings. The van der Waals surface area contributed by atoms with Crippen LogP contribution < -0.4 is 15.0 Å². The Bertz CT molecular complexity index is 1390. The zero-order valence-corrected chi connectivity index (χ0v) is 19.2. The summed E-state index contributed by atoms with van der Waals surface area (Å²) >= 11 is 3.11. The molecule has 5 heterocycles. The molecule has 1 fully saturated rings. The number of ether oxygens (including phenoxy) is 2. The Morgan fingerprint density at radius 2 is 1.94 bits per heavy atom. The van der Waals surface area contributed by atoms with Crippen LogP contribution in [-0.2, 0) is 6.54 Å². The first kappa shape index (κ1) is 20.4. The van der Waals surface area contributed by atoms with E-state index >= 15 is 0 Å². The van der Waals surface area contributed by atoms with Crippen LogP contribution in [0.3, 0.4) is 0 Å². The Balaban J connectivity index is 1.13. The molecule has 4 aromatic rings. The number of nitrogens with one attached hydrogen (secondary N) is 1. The number of fused-ring (bicyclic) bond motifs is 2. The Hall–Kier alpha value is -3.21. The molecule has 0 aliphatic carbocycles. The van der Waals surface area contributed by atoms with E-state index in [1.165, 1.54) is 11.3 Å². The summed E-state index contributed by atoms with van der Waals surface area (Å²) in [5.41, 5.74) is 1.45. The van der Waals surface area contributed by atoms with Crippen molar-refractivity contribution >= 4 is 38.8 Å². The van der Waals surface area contributed by atoms with Gasteiger partial charge in [-0.2, -0.15) is 0 Å². The summed E-state index contributed by atoms with van der Waals surface area (Å²) in [5.74, 6) is 1.92. The van der Waals surface area contributed by atoms with E-state index in [1.54, 1.807) is 29.5 Å². The van der Waals surface area contributed by atoms with E-state index in [9.17, 15) is 9.59 Å². The van der Waals surface area contributed by atoms with Gasteiger partial charge in [0.15, 0.2) is 11.5 Å². The van der Waals surface area contributed by atoms with Gasteiger partial charge < -0.3 is 19.4 Å². The Kier molecular flexibility index (Phi) is 5.12. The molecule has 6 rings (SSSR count). The van der Waals surface area contributed by atoms with Gasteiger partial charge in [-0.15, -0.1) is 22.7 Å². The number of benzene rings is 1. The number of carbonyl (C=O) groups is 1. The van der Waals surface area contributed by atoms with Crippen molar-refractivity contribution in [3.63, 3.8) is 0 Å². The second-order valence-electron chi connectivity index (χ2n) is 7.96. The number of H-pyrrole nitrogens is 1. The van der Waals surface area contributed by atoms with Crippen LogP contribution in [0.15, 0.2) is 45.9 Å². The van der Waals surface area contributed by atoms with Gasteiger partial charge in [0.05, 0.1) is 11.9 Å². The third-order valence-electron chi connectivity index (χ3n) is 5.93. The molecule has 33 heavy (non-hydrogen) atoms. The molecule has 0 unspecified atom stereocenters. The number of hydrogen-bond donors (Lipinski definition) is 1. The predicted octanol–water partition coefficient (Wildman–Crippen LogP) is 3.40. The summed E-state index contributed by atoms with van der Waals surface area (Å²) in [4.78, 5) is 39.3. The van der Waals surface area contributed by atoms with Crippen LogP contribution in [-0.4, -0.2) is 58.6 Å². The van der Waals surface area contributed by atoms with Crippen molar-refractivity contribution in [2.75, 3.05) is 33.0 Å². The molecule has 0 spiro atoms. The number of hydrogen-bond acceptors (Lipinski definition) is 8. The molecule has 3 aromatic heterocycles. The molecule has 0 bridgehead atoms. The average Bonchev–Trinajstić information content (AvgIpc) is 3.58. The van der Waals surface area contributed by atoms with Crippen LogP contribution in [0.4, 0.5) is 0 Å². The van der Waals surface area contributed by atoms with Crippen molar-refractivity contribution in [2.45, 2.75) is 6.54 Å². The Morgan fingerprint density at radius 1 is 1.09 bits per heavy atom. The smallest absolute Gasteiger partial charge is 0.260 e. The van der Waals surface area contributed by atoms with Gasteiger partial charge in [-0.05, 0) is 29.6 Å². The van der Waals surface area contributed by atoms with E-state index in [-0.39, 0.29) is 18.3 Å². The van der Waals surface area contributed by atoms with E-state index in [2.05, 4.69) is 9.88 Å². The van der Waals surface area contributed by atoms with Gasteiger partial charge >= 0.3 is 0 Å². The normalized spacial score (nSPS) is 15.9. The first-order valence-electron chi connectivity index (χ1n) is 10.6. The Labute approximate surface area is 197 Å². The quantitative estimate of drug-likeness (QED) is 0.482. The number of amides is 1. The van der Waals surface area contributed by atoms with Crippen LogP contribution in [0.5, 0.6) is 11.5 Å². The zero-order valence-electron chi connectivity index (χ0n) is 17.6. The SMILES string of the molecule is O=C(c1ccc2c(c1)OCO2)N1CCN(Cc2nc3scc(-c4cccs4)c3c(=O)[nH]2)CC1. The summed E-state index contributed by atoms with van der Waals surface area (Å²) < 4.78 is 10.7. The predicted molar refractivity (Wildman–Crippen MR) is 127 cm³/mol. The van der Waals surface area contributed by atoms with Gasteiger partial charge in [0.1, 0.15) is 10.7 Å². The van der Waals surface area contributed by atoms with E-state index in [0.717, 1.165) is 15.3 Å². The van der Waals surface area contributed by atoms with Crippen LogP contribution in [0.2, 0.25) is 0 Å². The number of aromatic amines is 1. The van der Waals surface area contributed by atoms with Crippen LogP contribution in [0.1, 0.15) is 16.2 Å². The van der Waals surface area contributed by atoms with Gasteiger partial charge in [-0.3, -0.25) is 14.5 Å². The van der Waals surface area contributed by atoms with Crippen molar-refractivity contribution in [1.82, 2.24) is 19.8 Å². The lowest BCUT2D eigenvalue weighted by molar-refractivity contribution is 0.0625. The minimum absolute atomic E-state index is 0.0133. The number of aromatic nitrogens is 2. The van der Waals surface area contributed by atoms with Crippen LogP contribution >= 0.6 is 22.7 Å². The highest BCUT2D eigenvalue weighted by atomic mass is 32.1. The summed E-state index contributed by atoms with van der Waals surface area (Å²) in [6.45, 7) is 3.38. The molecule has 1 N–H and O–H groups in total. The molecule has 0 atom stereocenters. The van der Waals surface area contributed by atoms with Crippen molar-refractivity contribution in [3.8, 4) is 21.9 Å². The van der Waals surface area contributed by atoms with E-state index in [1.807, 2.05) is 27.8 Å². The molecule has 8 nitrogen and oxygen atoms in total. The summed E-state index contributed by atoms with van der Waals surface area (Å²) in [7, 11) is 0. The monoisotopic (exact) mass is 480 g/mol.